The summed E-state index contributed by atoms with van der Waals surface area (Å²) in [5.41, 5.74) is -1.42. The van der Waals surface area contributed by atoms with Crippen molar-refractivity contribution in [2.45, 2.75) is 25.1 Å². The van der Waals surface area contributed by atoms with E-state index in [1.54, 1.807) is 0 Å². The van der Waals surface area contributed by atoms with Crippen LogP contribution in [0.15, 0.2) is 18.2 Å². The maximum Gasteiger partial charge on any atom is 0.416 e. The molecular formula is C12H15ClF3N3O2. The highest BCUT2D eigenvalue weighted by atomic mass is 35.5. The van der Waals surface area contributed by atoms with E-state index in [1.807, 2.05) is 0 Å². The van der Waals surface area contributed by atoms with Gasteiger partial charge in [0.1, 0.15) is 5.69 Å². The molecule has 0 amide bonds. The van der Waals surface area contributed by atoms with E-state index >= 15 is 0 Å². The lowest BCUT2D eigenvalue weighted by Crippen LogP contribution is -2.35. The third-order valence-electron chi connectivity index (χ3n) is 3.22. The summed E-state index contributed by atoms with van der Waals surface area (Å²) >= 11 is 0. The molecule has 21 heavy (non-hydrogen) atoms. The van der Waals surface area contributed by atoms with Crippen LogP contribution in [-0.4, -0.2) is 24.1 Å². The third-order valence-corrected chi connectivity index (χ3v) is 3.22. The van der Waals surface area contributed by atoms with Crippen molar-refractivity contribution >= 4 is 23.8 Å². The summed E-state index contributed by atoms with van der Waals surface area (Å²) in [5, 5.41) is 17.0. The van der Waals surface area contributed by atoms with Crippen LogP contribution >= 0.6 is 12.4 Å². The molecule has 1 aliphatic rings. The first kappa shape index (κ1) is 17.5. The fourth-order valence-electron chi connectivity index (χ4n) is 2.17. The van der Waals surface area contributed by atoms with E-state index in [0.717, 1.165) is 38.1 Å². The number of anilines is 1. The molecule has 1 saturated heterocycles. The van der Waals surface area contributed by atoms with Gasteiger partial charge >= 0.3 is 6.18 Å². The molecule has 0 spiro atoms. The lowest BCUT2D eigenvalue weighted by molar-refractivity contribution is -0.384. The number of hydrogen-bond donors (Lipinski definition) is 2. The second-order valence-corrected chi connectivity index (χ2v) is 4.66. The SMILES string of the molecule is Cl.O=[N+]([O-])c1cc(C(F)(F)F)ccc1NC1CCNCC1. The molecule has 0 bridgehead atoms. The van der Waals surface area contributed by atoms with Crippen molar-refractivity contribution < 1.29 is 18.1 Å². The van der Waals surface area contributed by atoms with Gasteiger partial charge in [-0.3, -0.25) is 10.1 Å². The molecule has 118 valence electrons. The van der Waals surface area contributed by atoms with Gasteiger partial charge in [-0.05, 0) is 38.1 Å². The second-order valence-electron chi connectivity index (χ2n) is 4.66. The zero-order chi connectivity index (χ0) is 14.8. The zero-order valence-electron chi connectivity index (χ0n) is 10.9. The van der Waals surface area contributed by atoms with E-state index in [2.05, 4.69) is 10.6 Å². The molecule has 5 nitrogen and oxygen atoms in total. The Bertz CT molecular complexity index is 505. The molecule has 9 heteroatoms. The van der Waals surface area contributed by atoms with E-state index in [9.17, 15) is 23.3 Å². The lowest BCUT2D eigenvalue weighted by Gasteiger charge is -2.24. The molecule has 2 N–H and O–H groups in total. The van der Waals surface area contributed by atoms with Crippen molar-refractivity contribution in [1.29, 1.82) is 0 Å². The first-order valence-corrected chi connectivity index (χ1v) is 6.21. The van der Waals surface area contributed by atoms with Crippen LogP contribution in [0.5, 0.6) is 0 Å². The number of alkyl halides is 3. The van der Waals surface area contributed by atoms with Gasteiger partial charge in [0.15, 0.2) is 0 Å². The van der Waals surface area contributed by atoms with Gasteiger partial charge in [0.2, 0.25) is 0 Å². The summed E-state index contributed by atoms with van der Waals surface area (Å²) in [5.74, 6) is 0. The van der Waals surface area contributed by atoms with Crippen LogP contribution in [0.4, 0.5) is 24.5 Å². The van der Waals surface area contributed by atoms with Gasteiger partial charge in [-0.2, -0.15) is 13.2 Å². The van der Waals surface area contributed by atoms with E-state index in [-0.39, 0.29) is 24.1 Å². The van der Waals surface area contributed by atoms with Gasteiger partial charge in [-0.15, -0.1) is 12.4 Å². The van der Waals surface area contributed by atoms with Gasteiger partial charge in [0, 0.05) is 12.1 Å². The largest absolute Gasteiger partial charge is 0.416 e. The standard InChI is InChI=1S/C12H14F3N3O2.ClH/c13-12(14,15)8-1-2-10(11(7-8)18(19)20)17-9-3-5-16-6-4-9;/h1-2,7,9,16-17H,3-6H2;1H. The molecule has 0 aromatic heterocycles. The normalized spacial score (nSPS) is 16.1. The summed E-state index contributed by atoms with van der Waals surface area (Å²) < 4.78 is 37.7. The number of hydrogen-bond acceptors (Lipinski definition) is 4. The number of nitro benzene ring substituents is 1. The maximum atomic E-state index is 12.6. The van der Waals surface area contributed by atoms with Gasteiger partial charge < -0.3 is 10.6 Å². The number of piperidine rings is 1. The molecule has 0 saturated carbocycles. The van der Waals surface area contributed by atoms with Crippen LogP contribution in [-0.2, 0) is 6.18 Å². The minimum atomic E-state index is -4.59. The van der Waals surface area contributed by atoms with E-state index in [0.29, 0.717) is 6.07 Å². The van der Waals surface area contributed by atoms with Gasteiger partial charge in [-0.25, -0.2) is 0 Å². The van der Waals surface area contributed by atoms with Crippen LogP contribution < -0.4 is 10.6 Å². The van der Waals surface area contributed by atoms with Crippen LogP contribution in [0.25, 0.3) is 0 Å². The number of nitro groups is 1. The molecule has 0 radical (unpaired) electrons. The van der Waals surface area contributed by atoms with Crippen molar-refractivity contribution in [1.82, 2.24) is 5.32 Å². The smallest absolute Gasteiger partial charge is 0.377 e. The monoisotopic (exact) mass is 325 g/mol. The fourth-order valence-corrected chi connectivity index (χ4v) is 2.17. The zero-order valence-corrected chi connectivity index (χ0v) is 11.8. The number of nitrogens with one attached hydrogen (secondary N) is 2. The Labute approximate surface area is 125 Å². The Kier molecular flexibility index (Phi) is 5.79. The minimum Gasteiger partial charge on any atom is -0.377 e. The van der Waals surface area contributed by atoms with Crippen molar-refractivity contribution in [3.8, 4) is 0 Å². The van der Waals surface area contributed by atoms with E-state index in [1.165, 1.54) is 0 Å². The quantitative estimate of drug-likeness (QED) is 0.661. The number of rotatable bonds is 3. The van der Waals surface area contributed by atoms with Gasteiger partial charge in [-0.1, -0.05) is 0 Å². The number of halogens is 4. The highest BCUT2D eigenvalue weighted by Crippen LogP contribution is 2.35. The minimum absolute atomic E-state index is 0. The van der Waals surface area contributed by atoms with Crippen molar-refractivity contribution in [3.05, 3.63) is 33.9 Å². The molecule has 0 atom stereocenters. The van der Waals surface area contributed by atoms with Crippen LogP contribution in [0.1, 0.15) is 18.4 Å². The molecule has 1 fully saturated rings. The van der Waals surface area contributed by atoms with Crippen LogP contribution in [0, 0.1) is 10.1 Å². The summed E-state index contributed by atoms with van der Waals surface area (Å²) in [6, 6.07) is 2.59. The Morgan fingerprint density at radius 2 is 1.90 bits per heavy atom. The van der Waals surface area contributed by atoms with Crippen LogP contribution in [0.3, 0.4) is 0 Å². The van der Waals surface area contributed by atoms with Crippen molar-refractivity contribution in [2.24, 2.45) is 0 Å². The third kappa shape index (κ3) is 4.47. The summed E-state index contributed by atoms with van der Waals surface area (Å²) in [7, 11) is 0. The lowest BCUT2D eigenvalue weighted by atomic mass is 10.1. The summed E-state index contributed by atoms with van der Waals surface area (Å²) in [4.78, 5) is 10.1. The van der Waals surface area contributed by atoms with Crippen molar-refractivity contribution in [3.63, 3.8) is 0 Å². The van der Waals surface area contributed by atoms with E-state index in [4.69, 9.17) is 0 Å². The Balaban J connectivity index is 0.00000220. The number of nitrogens with zero attached hydrogens (tertiary/aromatic N) is 1. The Morgan fingerprint density at radius 1 is 1.29 bits per heavy atom. The molecule has 1 aliphatic heterocycles. The number of benzene rings is 1. The maximum absolute atomic E-state index is 12.6. The predicted molar refractivity (Wildman–Crippen MR) is 74.9 cm³/mol. The average molecular weight is 326 g/mol. The molecule has 1 aromatic rings. The molecule has 2 rings (SSSR count). The van der Waals surface area contributed by atoms with Crippen molar-refractivity contribution in [2.75, 3.05) is 18.4 Å². The Hall–Kier alpha value is -1.54. The fraction of sp³-hybridized carbons (Fsp3) is 0.500. The highest BCUT2D eigenvalue weighted by molar-refractivity contribution is 5.85. The molecular weight excluding hydrogens is 311 g/mol. The predicted octanol–water partition coefficient (Wildman–Crippen LogP) is 3.20. The summed E-state index contributed by atoms with van der Waals surface area (Å²) in [6.07, 6.45) is -3.03. The Morgan fingerprint density at radius 3 is 2.43 bits per heavy atom. The topological polar surface area (TPSA) is 67.2 Å². The second kappa shape index (κ2) is 6.95. The van der Waals surface area contributed by atoms with Crippen LogP contribution in [0.2, 0.25) is 0 Å². The summed E-state index contributed by atoms with van der Waals surface area (Å²) in [6.45, 7) is 1.57. The molecule has 1 heterocycles. The van der Waals surface area contributed by atoms with Gasteiger partial charge in [0.05, 0.1) is 10.5 Å². The molecule has 0 unspecified atom stereocenters. The molecule has 1 aromatic carbocycles. The average Bonchev–Trinajstić information content (AvgIpc) is 2.38. The van der Waals surface area contributed by atoms with Gasteiger partial charge in [0.25, 0.3) is 5.69 Å². The first-order valence-electron chi connectivity index (χ1n) is 6.21. The molecule has 0 aliphatic carbocycles. The highest BCUT2D eigenvalue weighted by Gasteiger charge is 2.33. The first-order chi connectivity index (χ1) is 9.38. The van der Waals surface area contributed by atoms with E-state index < -0.39 is 22.4 Å².